The summed E-state index contributed by atoms with van der Waals surface area (Å²) in [7, 11) is 0. The van der Waals surface area contributed by atoms with Crippen molar-refractivity contribution in [2.24, 2.45) is 17.4 Å². The van der Waals surface area contributed by atoms with Gasteiger partial charge in [-0.05, 0) is 50.3 Å². The van der Waals surface area contributed by atoms with Crippen molar-refractivity contribution in [2.45, 2.75) is 64.8 Å². The summed E-state index contributed by atoms with van der Waals surface area (Å²) in [5.41, 5.74) is 13.0. The maximum atomic E-state index is 12.4. The minimum Gasteiger partial charge on any atom is -0.367 e. The van der Waals surface area contributed by atoms with Gasteiger partial charge in [0.05, 0.1) is 12.2 Å². The van der Waals surface area contributed by atoms with Crippen molar-refractivity contribution >= 4 is 11.6 Å². The molecule has 0 bridgehead atoms. The highest BCUT2D eigenvalue weighted by atomic mass is 16.2. The number of hydrogen-bond acceptors (Lipinski definition) is 6. The number of likely N-dealkylation sites (tertiary alicyclic amines) is 1. The van der Waals surface area contributed by atoms with Crippen molar-refractivity contribution in [3.8, 4) is 0 Å². The topological polar surface area (TPSA) is 101 Å². The van der Waals surface area contributed by atoms with E-state index in [-0.39, 0.29) is 12.2 Å². The van der Waals surface area contributed by atoms with E-state index in [0.717, 1.165) is 31.6 Å². The highest BCUT2D eigenvalue weighted by molar-refractivity contribution is 6.43. The molecule has 32 heavy (non-hydrogen) atoms. The Kier molecular flexibility index (Phi) is 13.1. The van der Waals surface area contributed by atoms with Crippen LogP contribution >= 0.6 is 0 Å². The molecule has 6 nitrogen and oxygen atoms in total. The van der Waals surface area contributed by atoms with Crippen LogP contribution in [0.5, 0.6) is 0 Å². The van der Waals surface area contributed by atoms with Gasteiger partial charge in [-0.15, -0.1) is 0 Å². The highest BCUT2D eigenvalue weighted by Gasteiger charge is 2.34. The second kappa shape index (κ2) is 14.9. The Balaban J connectivity index is 0.000000751. The largest absolute Gasteiger partial charge is 0.367 e. The van der Waals surface area contributed by atoms with E-state index in [1.165, 1.54) is 18.4 Å². The Labute approximate surface area is 194 Å². The predicted molar refractivity (Wildman–Crippen MR) is 133 cm³/mol. The molecule has 0 radical (unpaired) electrons. The molecule has 1 aliphatic rings. The van der Waals surface area contributed by atoms with E-state index in [2.05, 4.69) is 44.8 Å². The first kappa shape index (κ1) is 28.0. The quantitative estimate of drug-likeness (QED) is 0.260. The van der Waals surface area contributed by atoms with E-state index in [9.17, 15) is 9.59 Å². The van der Waals surface area contributed by atoms with Gasteiger partial charge in [0, 0.05) is 18.6 Å². The molecular weight excluding hydrogens is 400 g/mol. The maximum absolute atomic E-state index is 12.4. The number of allylic oxidation sites excluding steroid dienone is 1. The molecule has 0 aromatic heterocycles. The molecule has 1 aromatic carbocycles. The van der Waals surface area contributed by atoms with E-state index < -0.39 is 17.1 Å². The standard InChI is InChI=1S/C20H30N4O2.C6H14/c1-16(19(26)18(25)14-23-11-6-10-21)24-12-5-9-20(22,15-24)13-17-7-3-2-4-8-17;1-4-5-6(2)3/h2-4,7-8,23H,1,5-6,9-15,21-22H2;6H,4-5H2,1-3H3. The Bertz CT molecular complexity index is 705. The second-order valence-corrected chi connectivity index (χ2v) is 9.25. The van der Waals surface area contributed by atoms with E-state index in [1.54, 1.807) is 0 Å². The first-order chi connectivity index (χ1) is 15.2. The normalized spacial score (nSPS) is 18.1. The van der Waals surface area contributed by atoms with Crippen LogP contribution in [0.25, 0.3) is 0 Å². The lowest BCUT2D eigenvalue weighted by atomic mass is 9.84. The Morgan fingerprint density at radius 1 is 1.25 bits per heavy atom. The molecule has 1 atom stereocenters. The minimum atomic E-state index is -0.533. The van der Waals surface area contributed by atoms with Gasteiger partial charge in [-0.1, -0.05) is 70.5 Å². The summed E-state index contributed by atoms with van der Waals surface area (Å²) in [5, 5.41) is 2.94. The van der Waals surface area contributed by atoms with Gasteiger partial charge in [-0.2, -0.15) is 0 Å². The lowest BCUT2D eigenvalue weighted by Gasteiger charge is -2.42. The monoisotopic (exact) mass is 444 g/mol. The molecule has 0 amide bonds. The number of carbonyl (C=O) groups excluding carboxylic acids is 2. The van der Waals surface area contributed by atoms with Crippen LogP contribution in [-0.2, 0) is 16.0 Å². The van der Waals surface area contributed by atoms with Crippen LogP contribution in [0.2, 0.25) is 0 Å². The molecule has 2 rings (SSSR count). The maximum Gasteiger partial charge on any atom is 0.245 e. The smallest absolute Gasteiger partial charge is 0.245 e. The fourth-order valence-electron chi connectivity index (χ4n) is 3.93. The zero-order valence-electron chi connectivity index (χ0n) is 20.4. The van der Waals surface area contributed by atoms with Gasteiger partial charge in [-0.3, -0.25) is 9.59 Å². The molecule has 6 heteroatoms. The Morgan fingerprint density at radius 3 is 2.50 bits per heavy atom. The minimum absolute atomic E-state index is 0.0173. The van der Waals surface area contributed by atoms with E-state index in [4.69, 9.17) is 11.5 Å². The second-order valence-electron chi connectivity index (χ2n) is 9.25. The SMILES string of the molecule is C=C(C(=O)C(=O)CNCCCN)N1CCCC(N)(Cc2ccccc2)C1.CCCC(C)C. The molecule has 1 unspecified atom stereocenters. The van der Waals surface area contributed by atoms with Gasteiger partial charge >= 0.3 is 0 Å². The van der Waals surface area contributed by atoms with Crippen molar-refractivity contribution in [2.75, 3.05) is 32.7 Å². The molecule has 1 aromatic rings. The van der Waals surface area contributed by atoms with Crippen LogP contribution in [0.4, 0.5) is 0 Å². The summed E-state index contributed by atoms with van der Waals surface area (Å²) in [4.78, 5) is 26.3. The summed E-state index contributed by atoms with van der Waals surface area (Å²) in [5.74, 6) is -0.104. The fourth-order valence-corrected chi connectivity index (χ4v) is 3.93. The molecule has 5 N–H and O–H groups in total. The summed E-state index contributed by atoms with van der Waals surface area (Å²) < 4.78 is 0. The molecule has 1 fully saturated rings. The number of nitrogens with zero attached hydrogens (tertiary/aromatic N) is 1. The van der Waals surface area contributed by atoms with Crippen LogP contribution in [-0.4, -0.2) is 54.7 Å². The van der Waals surface area contributed by atoms with Gasteiger partial charge in [0.1, 0.15) is 0 Å². The van der Waals surface area contributed by atoms with E-state index >= 15 is 0 Å². The fraction of sp³-hybridized carbons (Fsp3) is 0.615. The van der Waals surface area contributed by atoms with Crippen LogP contribution in [0, 0.1) is 5.92 Å². The highest BCUT2D eigenvalue weighted by Crippen LogP contribution is 2.25. The first-order valence-electron chi connectivity index (χ1n) is 12.0. The Hall–Kier alpha value is -2.02. The van der Waals surface area contributed by atoms with E-state index in [1.807, 2.05) is 23.1 Å². The third-order valence-electron chi connectivity index (χ3n) is 5.61. The van der Waals surface area contributed by atoms with Gasteiger partial charge in [-0.25, -0.2) is 0 Å². The van der Waals surface area contributed by atoms with Crippen LogP contribution in [0.1, 0.15) is 58.4 Å². The number of Topliss-reactive ketones (excluding diaryl/α,β-unsaturated/α-hetero) is 2. The third kappa shape index (κ3) is 10.5. The number of rotatable bonds is 12. The number of nitrogens with one attached hydrogen (secondary N) is 1. The number of ketones is 2. The molecular formula is C26H44N4O2. The molecule has 0 spiro atoms. The van der Waals surface area contributed by atoms with Crippen molar-refractivity contribution < 1.29 is 9.59 Å². The Morgan fingerprint density at radius 2 is 1.94 bits per heavy atom. The van der Waals surface area contributed by atoms with Crippen molar-refractivity contribution in [1.29, 1.82) is 0 Å². The predicted octanol–water partition coefficient (Wildman–Crippen LogP) is 3.06. The average Bonchev–Trinajstić information content (AvgIpc) is 2.76. The van der Waals surface area contributed by atoms with E-state index in [0.29, 0.717) is 26.2 Å². The zero-order valence-corrected chi connectivity index (χ0v) is 20.4. The van der Waals surface area contributed by atoms with Gasteiger partial charge < -0.3 is 21.7 Å². The van der Waals surface area contributed by atoms with Gasteiger partial charge in [0.25, 0.3) is 0 Å². The van der Waals surface area contributed by atoms with Crippen molar-refractivity contribution in [3.63, 3.8) is 0 Å². The summed E-state index contributed by atoms with van der Waals surface area (Å²) in [6, 6.07) is 10.1. The van der Waals surface area contributed by atoms with Gasteiger partial charge in [0.2, 0.25) is 11.6 Å². The molecule has 0 aliphatic carbocycles. The molecule has 1 heterocycles. The molecule has 0 saturated carbocycles. The molecule has 1 saturated heterocycles. The first-order valence-corrected chi connectivity index (χ1v) is 12.0. The van der Waals surface area contributed by atoms with Gasteiger partial charge in [0.15, 0.2) is 0 Å². The lowest BCUT2D eigenvalue weighted by Crippen LogP contribution is -2.56. The van der Waals surface area contributed by atoms with Crippen molar-refractivity contribution in [3.05, 3.63) is 48.2 Å². The van der Waals surface area contributed by atoms with Crippen LogP contribution in [0.15, 0.2) is 42.6 Å². The number of benzene rings is 1. The molecule has 1 aliphatic heterocycles. The number of carbonyl (C=O) groups is 2. The summed E-state index contributed by atoms with van der Waals surface area (Å²) in [6.45, 7) is 13.0. The summed E-state index contributed by atoms with van der Waals surface area (Å²) in [6.07, 6.45) is 5.97. The van der Waals surface area contributed by atoms with Crippen molar-refractivity contribution in [1.82, 2.24) is 10.2 Å². The van der Waals surface area contributed by atoms with Crippen LogP contribution in [0.3, 0.4) is 0 Å². The number of piperidine rings is 1. The third-order valence-corrected chi connectivity index (χ3v) is 5.61. The van der Waals surface area contributed by atoms with Crippen LogP contribution < -0.4 is 16.8 Å². The number of hydrogen-bond donors (Lipinski definition) is 3. The molecule has 180 valence electrons. The number of nitrogens with two attached hydrogens (primary N) is 2. The summed E-state index contributed by atoms with van der Waals surface area (Å²) >= 11 is 0. The average molecular weight is 445 g/mol. The lowest BCUT2D eigenvalue weighted by molar-refractivity contribution is -0.134. The zero-order chi connectivity index (χ0) is 24.0.